The van der Waals surface area contributed by atoms with Crippen LogP contribution in [0.4, 0.5) is 5.82 Å². The number of aromatic nitrogens is 2. The molecule has 1 unspecified atom stereocenters. The Balaban J connectivity index is 2.18. The molecule has 0 bridgehead atoms. The van der Waals surface area contributed by atoms with Crippen LogP contribution in [0.3, 0.4) is 0 Å². The van der Waals surface area contributed by atoms with Crippen molar-refractivity contribution in [2.45, 2.75) is 32.7 Å². The molecule has 1 atom stereocenters. The maximum Gasteiger partial charge on any atom is 0.135 e. The van der Waals surface area contributed by atoms with Crippen molar-refractivity contribution in [3.8, 4) is 0 Å². The van der Waals surface area contributed by atoms with Crippen LogP contribution >= 0.6 is 23.2 Å². The van der Waals surface area contributed by atoms with Gasteiger partial charge in [-0.05, 0) is 24.6 Å². The van der Waals surface area contributed by atoms with Crippen molar-refractivity contribution in [3.05, 3.63) is 51.9 Å². The second-order valence-electron chi connectivity index (χ2n) is 5.01. The number of anilines is 1. The van der Waals surface area contributed by atoms with E-state index in [2.05, 4.69) is 22.2 Å². The van der Waals surface area contributed by atoms with Gasteiger partial charge in [0.1, 0.15) is 16.8 Å². The lowest BCUT2D eigenvalue weighted by Gasteiger charge is -2.16. The first kappa shape index (κ1) is 15.1. The van der Waals surface area contributed by atoms with Crippen LogP contribution < -0.4 is 5.32 Å². The Morgan fingerprint density at radius 3 is 2.25 bits per heavy atom. The zero-order valence-corrected chi connectivity index (χ0v) is 13.2. The third-order valence-electron chi connectivity index (χ3n) is 2.96. The van der Waals surface area contributed by atoms with Crippen molar-refractivity contribution in [1.29, 1.82) is 0 Å². The first-order valence-corrected chi connectivity index (χ1v) is 7.28. The number of halogens is 2. The first-order valence-electron chi connectivity index (χ1n) is 6.52. The van der Waals surface area contributed by atoms with Gasteiger partial charge in [-0.25, -0.2) is 9.97 Å². The molecule has 0 spiro atoms. The van der Waals surface area contributed by atoms with Gasteiger partial charge in [0, 0.05) is 23.0 Å². The monoisotopic (exact) mass is 309 g/mol. The van der Waals surface area contributed by atoms with Crippen molar-refractivity contribution < 1.29 is 0 Å². The molecular formula is C15H17Cl2N3. The Labute approximate surface area is 129 Å². The third kappa shape index (κ3) is 3.84. The highest BCUT2D eigenvalue weighted by atomic mass is 35.5. The summed E-state index contributed by atoms with van der Waals surface area (Å²) < 4.78 is 0. The summed E-state index contributed by atoms with van der Waals surface area (Å²) in [4.78, 5) is 8.71. The van der Waals surface area contributed by atoms with E-state index < -0.39 is 0 Å². The topological polar surface area (TPSA) is 37.8 Å². The normalized spacial score (nSPS) is 12.5. The number of hydrogen-bond donors (Lipinski definition) is 1. The highest BCUT2D eigenvalue weighted by Gasteiger charge is 2.10. The summed E-state index contributed by atoms with van der Waals surface area (Å²) in [5.41, 5.74) is 1.13. The van der Waals surface area contributed by atoms with E-state index in [-0.39, 0.29) is 12.0 Å². The molecule has 0 aliphatic rings. The molecule has 0 fully saturated rings. The van der Waals surface area contributed by atoms with Crippen molar-refractivity contribution in [3.63, 3.8) is 0 Å². The molecule has 0 amide bonds. The lowest BCUT2D eigenvalue weighted by Crippen LogP contribution is -2.10. The largest absolute Gasteiger partial charge is 0.363 e. The Hall–Kier alpha value is -1.32. The van der Waals surface area contributed by atoms with Gasteiger partial charge in [-0.2, -0.15) is 0 Å². The molecule has 1 N–H and O–H groups in total. The SMILES string of the molecule is CC(C)c1nc(Cl)cc(NC(C)c2ccc(Cl)cc2)n1. The summed E-state index contributed by atoms with van der Waals surface area (Å²) in [5, 5.41) is 4.52. The predicted molar refractivity (Wildman–Crippen MR) is 84.6 cm³/mol. The van der Waals surface area contributed by atoms with Crippen molar-refractivity contribution in [2.75, 3.05) is 5.32 Å². The zero-order valence-electron chi connectivity index (χ0n) is 11.7. The summed E-state index contributed by atoms with van der Waals surface area (Å²) in [7, 11) is 0. The van der Waals surface area contributed by atoms with E-state index in [9.17, 15) is 0 Å². The average molecular weight is 310 g/mol. The molecule has 0 radical (unpaired) electrons. The minimum absolute atomic E-state index is 0.109. The molecule has 106 valence electrons. The number of benzene rings is 1. The summed E-state index contributed by atoms with van der Waals surface area (Å²) >= 11 is 11.9. The van der Waals surface area contributed by atoms with Gasteiger partial charge in [0.25, 0.3) is 0 Å². The number of hydrogen-bond acceptors (Lipinski definition) is 3. The van der Waals surface area contributed by atoms with Gasteiger partial charge >= 0.3 is 0 Å². The van der Waals surface area contributed by atoms with E-state index in [4.69, 9.17) is 23.2 Å². The van der Waals surface area contributed by atoms with Crippen LogP contribution in [0.2, 0.25) is 10.2 Å². The van der Waals surface area contributed by atoms with Crippen LogP contribution in [0.1, 0.15) is 44.1 Å². The average Bonchev–Trinajstić information content (AvgIpc) is 2.38. The van der Waals surface area contributed by atoms with Gasteiger partial charge in [0.05, 0.1) is 0 Å². The minimum Gasteiger partial charge on any atom is -0.363 e. The molecule has 2 aromatic rings. The highest BCUT2D eigenvalue weighted by Crippen LogP contribution is 2.22. The van der Waals surface area contributed by atoms with Crippen molar-refractivity contribution in [1.82, 2.24) is 9.97 Å². The quantitative estimate of drug-likeness (QED) is 0.800. The van der Waals surface area contributed by atoms with Gasteiger partial charge in [-0.15, -0.1) is 0 Å². The maximum absolute atomic E-state index is 6.04. The molecule has 5 heteroatoms. The van der Waals surface area contributed by atoms with E-state index in [0.717, 1.165) is 22.2 Å². The summed E-state index contributed by atoms with van der Waals surface area (Å²) in [6, 6.07) is 9.58. The van der Waals surface area contributed by atoms with Crippen LogP contribution in [0.25, 0.3) is 0 Å². The molecule has 1 aromatic heterocycles. The molecule has 1 aromatic carbocycles. The molecular weight excluding hydrogens is 293 g/mol. The standard InChI is InChI=1S/C15H17Cl2N3/c1-9(2)15-19-13(17)8-14(20-15)18-10(3)11-4-6-12(16)7-5-11/h4-10H,1-3H3,(H,18,19,20). The van der Waals surface area contributed by atoms with Crippen molar-refractivity contribution >= 4 is 29.0 Å². The molecule has 0 saturated carbocycles. The third-order valence-corrected chi connectivity index (χ3v) is 3.41. The summed E-state index contributed by atoms with van der Waals surface area (Å²) in [5.74, 6) is 1.71. The van der Waals surface area contributed by atoms with Crippen LogP contribution in [0.5, 0.6) is 0 Å². The highest BCUT2D eigenvalue weighted by molar-refractivity contribution is 6.30. The van der Waals surface area contributed by atoms with Crippen LogP contribution in [-0.2, 0) is 0 Å². The van der Waals surface area contributed by atoms with Gasteiger partial charge in [0.2, 0.25) is 0 Å². The van der Waals surface area contributed by atoms with E-state index in [0.29, 0.717) is 5.15 Å². The minimum atomic E-state index is 0.109. The molecule has 0 aliphatic carbocycles. The second-order valence-corrected chi connectivity index (χ2v) is 5.83. The molecule has 0 aliphatic heterocycles. The molecule has 2 rings (SSSR count). The van der Waals surface area contributed by atoms with E-state index in [1.165, 1.54) is 0 Å². The number of rotatable bonds is 4. The fourth-order valence-electron chi connectivity index (χ4n) is 1.82. The van der Waals surface area contributed by atoms with Gasteiger partial charge in [0.15, 0.2) is 0 Å². The van der Waals surface area contributed by atoms with E-state index >= 15 is 0 Å². The molecule has 0 saturated heterocycles. The van der Waals surface area contributed by atoms with Gasteiger partial charge in [-0.3, -0.25) is 0 Å². The van der Waals surface area contributed by atoms with Crippen LogP contribution in [0.15, 0.2) is 30.3 Å². The zero-order chi connectivity index (χ0) is 14.7. The number of nitrogens with zero attached hydrogens (tertiary/aromatic N) is 2. The van der Waals surface area contributed by atoms with Crippen LogP contribution in [-0.4, -0.2) is 9.97 Å². The smallest absolute Gasteiger partial charge is 0.135 e. The molecule has 3 nitrogen and oxygen atoms in total. The Morgan fingerprint density at radius 2 is 1.65 bits per heavy atom. The first-order chi connectivity index (χ1) is 9.45. The lowest BCUT2D eigenvalue weighted by atomic mass is 10.1. The van der Waals surface area contributed by atoms with Gasteiger partial charge < -0.3 is 5.32 Å². The van der Waals surface area contributed by atoms with Gasteiger partial charge in [-0.1, -0.05) is 49.2 Å². The van der Waals surface area contributed by atoms with E-state index in [1.54, 1.807) is 6.07 Å². The predicted octanol–water partition coefficient (Wildman–Crippen LogP) is 5.08. The second kappa shape index (κ2) is 6.42. The Morgan fingerprint density at radius 1 is 1.00 bits per heavy atom. The lowest BCUT2D eigenvalue weighted by molar-refractivity contribution is 0.768. The fourth-order valence-corrected chi connectivity index (χ4v) is 2.14. The Bertz CT molecular complexity index is 582. The maximum atomic E-state index is 6.04. The summed E-state index contributed by atoms with van der Waals surface area (Å²) in [6.07, 6.45) is 0. The number of nitrogens with one attached hydrogen (secondary N) is 1. The molecule has 20 heavy (non-hydrogen) atoms. The Kier molecular flexibility index (Phi) is 4.84. The van der Waals surface area contributed by atoms with E-state index in [1.807, 2.05) is 38.1 Å². The summed E-state index contributed by atoms with van der Waals surface area (Å²) in [6.45, 7) is 6.14. The fraction of sp³-hybridized carbons (Fsp3) is 0.333. The van der Waals surface area contributed by atoms with Crippen LogP contribution in [0, 0.1) is 0 Å². The van der Waals surface area contributed by atoms with Crippen molar-refractivity contribution in [2.24, 2.45) is 0 Å². The molecule has 1 heterocycles.